The number of carbonyl (C=O) groups excluding carboxylic acids is 2. The molecule has 0 radical (unpaired) electrons. The number of amides is 1. The number of Topliss-reactive ketones (excluding diaryl/α,β-unsaturated/α-hetero) is 1. The molecule has 1 aromatic heterocycles. The largest absolute Gasteiger partial charge is 0.507 e. The van der Waals surface area contributed by atoms with E-state index in [0.717, 1.165) is 16.3 Å². The monoisotopic (exact) mass is 487 g/mol. The first-order valence-electron chi connectivity index (χ1n) is 11.2. The number of hydrogen-bond acceptors (Lipinski definition) is 5. The Morgan fingerprint density at radius 1 is 1.06 bits per heavy atom. The highest BCUT2D eigenvalue weighted by atomic mass is 35.5. The third kappa shape index (κ3) is 4.06. The Kier molecular flexibility index (Phi) is 6.05. The minimum absolute atomic E-state index is 0.00248. The van der Waals surface area contributed by atoms with Crippen molar-refractivity contribution in [1.82, 2.24) is 4.90 Å². The predicted octanol–water partition coefficient (Wildman–Crippen LogP) is 6.11. The molecule has 1 atom stereocenters. The second kappa shape index (κ2) is 9.31. The van der Waals surface area contributed by atoms with Crippen molar-refractivity contribution in [3.8, 4) is 5.75 Å². The average molecular weight is 488 g/mol. The molecule has 3 aromatic carbocycles. The molecular weight excluding hydrogens is 466 g/mol. The van der Waals surface area contributed by atoms with Crippen LogP contribution >= 0.6 is 11.6 Å². The minimum atomic E-state index is -0.822. The van der Waals surface area contributed by atoms with Gasteiger partial charge in [0.25, 0.3) is 11.7 Å². The topological polar surface area (TPSA) is 80.0 Å². The van der Waals surface area contributed by atoms with E-state index in [4.69, 9.17) is 20.8 Å². The van der Waals surface area contributed by atoms with Gasteiger partial charge in [0.2, 0.25) is 0 Å². The molecule has 5 rings (SSSR count). The fourth-order valence-corrected chi connectivity index (χ4v) is 4.67. The standard InChI is InChI=1S/C28H22ClNO5/c1-2-34-23-15-18(12-13-22(23)29)26(31)24-25(21-11-5-8-17-7-3-4-10-20(17)21)30(28(33)27(24)32)16-19-9-6-14-35-19/h3-15,25,31H,2,16H2,1H3/b26-24-. The van der Waals surface area contributed by atoms with Crippen LogP contribution in [0, 0.1) is 0 Å². The lowest BCUT2D eigenvalue weighted by Crippen LogP contribution is -2.29. The summed E-state index contributed by atoms with van der Waals surface area (Å²) in [5.74, 6) is -0.854. The molecule has 35 heavy (non-hydrogen) atoms. The lowest BCUT2D eigenvalue weighted by Gasteiger charge is -2.25. The van der Waals surface area contributed by atoms with Gasteiger partial charge in [0.15, 0.2) is 0 Å². The van der Waals surface area contributed by atoms with E-state index in [1.807, 2.05) is 49.4 Å². The van der Waals surface area contributed by atoms with Gasteiger partial charge in [0, 0.05) is 5.56 Å². The third-order valence-electron chi connectivity index (χ3n) is 6.07. The predicted molar refractivity (Wildman–Crippen MR) is 133 cm³/mol. The summed E-state index contributed by atoms with van der Waals surface area (Å²) in [7, 11) is 0. The van der Waals surface area contributed by atoms with Gasteiger partial charge in [-0.1, -0.05) is 54.1 Å². The maximum Gasteiger partial charge on any atom is 0.296 e. The molecule has 7 heteroatoms. The molecule has 0 aliphatic carbocycles. The van der Waals surface area contributed by atoms with Gasteiger partial charge in [-0.05, 0) is 53.6 Å². The summed E-state index contributed by atoms with van der Waals surface area (Å²) in [6.07, 6.45) is 1.52. The normalized spacial score (nSPS) is 17.3. The Balaban J connectivity index is 1.73. The Bertz CT molecular complexity index is 1450. The number of aliphatic hydroxyl groups excluding tert-OH is 1. The van der Waals surface area contributed by atoms with Crippen LogP contribution in [0.15, 0.2) is 89.0 Å². The van der Waals surface area contributed by atoms with Crippen molar-refractivity contribution in [2.24, 2.45) is 0 Å². The van der Waals surface area contributed by atoms with Gasteiger partial charge in [0.05, 0.1) is 36.1 Å². The first kappa shape index (κ1) is 22.7. The third-order valence-corrected chi connectivity index (χ3v) is 6.38. The highest BCUT2D eigenvalue weighted by Gasteiger charge is 2.46. The zero-order valence-electron chi connectivity index (χ0n) is 18.9. The second-order valence-electron chi connectivity index (χ2n) is 8.15. The van der Waals surface area contributed by atoms with E-state index in [2.05, 4.69) is 0 Å². The molecular formula is C28H22ClNO5. The summed E-state index contributed by atoms with van der Waals surface area (Å²) >= 11 is 6.22. The molecule has 0 bridgehead atoms. The fraction of sp³-hybridized carbons (Fsp3) is 0.143. The number of carbonyl (C=O) groups is 2. The van der Waals surface area contributed by atoms with Crippen molar-refractivity contribution in [1.29, 1.82) is 0 Å². The van der Waals surface area contributed by atoms with Crippen molar-refractivity contribution < 1.29 is 23.8 Å². The lowest BCUT2D eigenvalue weighted by atomic mass is 9.91. The van der Waals surface area contributed by atoms with Crippen molar-refractivity contribution in [2.45, 2.75) is 19.5 Å². The van der Waals surface area contributed by atoms with Gasteiger partial charge < -0.3 is 19.2 Å². The summed E-state index contributed by atoms with van der Waals surface area (Å²) in [6.45, 7) is 2.28. The van der Waals surface area contributed by atoms with Crippen LogP contribution in [0.1, 0.15) is 29.9 Å². The molecule has 1 saturated heterocycles. The molecule has 2 heterocycles. The van der Waals surface area contributed by atoms with Gasteiger partial charge >= 0.3 is 0 Å². The molecule has 6 nitrogen and oxygen atoms in total. The summed E-state index contributed by atoms with van der Waals surface area (Å²) in [5, 5.41) is 13.6. The quantitative estimate of drug-likeness (QED) is 0.202. The fourth-order valence-electron chi connectivity index (χ4n) is 4.50. The van der Waals surface area contributed by atoms with Crippen molar-refractivity contribution in [2.75, 3.05) is 6.61 Å². The van der Waals surface area contributed by atoms with Crippen LogP contribution in [-0.2, 0) is 16.1 Å². The number of benzene rings is 3. The average Bonchev–Trinajstić information content (AvgIpc) is 3.47. The first-order valence-corrected chi connectivity index (χ1v) is 11.6. The number of hydrogen-bond donors (Lipinski definition) is 1. The number of fused-ring (bicyclic) bond motifs is 1. The summed E-state index contributed by atoms with van der Waals surface area (Å²) in [6, 6.07) is 20.8. The number of rotatable bonds is 6. The van der Waals surface area contributed by atoms with E-state index in [0.29, 0.717) is 28.7 Å². The second-order valence-corrected chi connectivity index (χ2v) is 8.56. The van der Waals surface area contributed by atoms with Crippen LogP contribution in [0.2, 0.25) is 5.02 Å². The van der Waals surface area contributed by atoms with E-state index < -0.39 is 17.7 Å². The van der Waals surface area contributed by atoms with Gasteiger partial charge in [-0.15, -0.1) is 0 Å². The molecule has 4 aromatic rings. The Morgan fingerprint density at radius 3 is 2.63 bits per heavy atom. The number of furan rings is 1. The van der Waals surface area contributed by atoms with Crippen molar-refractivity contribution in [3.63, 3.8) is 0 Å². The molecule has 1 aliphatic rings. The van der Waals surface area contributed by atoms with Crippen LogP contribution < -0.4 is 4.74 Å². The first-order chi connectivity index (χ1) is 17.0. The molecule has 176 valence electrons. The van der Waals surface area contributed by atoms with Crippen LogP contribution in [0.4, 0.5) is 0 Å². The zero-order valence-corrected chi connectivity index (χ0v) is 19.7. The van der Waals surface area contributed by atoms with E-state index >= 15 is 0 Å². The Morgan fingerprint density at radius 2 is 1.86 bits per heavy atom. The van der Waals surface area contributed by atoms with E-state index in [9.17, 15) is 14.7 Å². The van der Waals surface area contributed by atoms with Gasteiger partial charge in [-0.3, -0.25) is 9.59 Å². The van der Waals surface area contributed by atoms with Crippen molar-refractivity contribution in [3.05, 3.63) is 107 Å². The number of likely N-dealkylation sites (tertiary alicyclic amines) is 1. The Hall–Kier alpha value is -4.03. The number of aliphatic hydroxyl groups is 1. The minimum Gasteiger partial charge on any atom is -0.507 e. The number of nitrogens with zero attached hydrogens (tertiary/aromatic N) is 1. The van der Waals surface area contributed by atoms with E-state index in [1.165, 1.54) is 11.2 Å². The number of ether oxygens (including phenoxy) is 1. The van der Waals surface area contributed by atoms with Crippen LogP contribution in [0.3, 0.4) is 0 Å². The molecule has 1 amide bonds. The van der Waals surface area contributed by atoms with Crippen LogP contribution in [-0.4, -0.2) is 28.3 Å². The Labute approximate surface area is 207 Å². The molecule has 0 saturated carbocycles. The SMILES string of the molecule is CCOc1cc(/C(O)=C2/C(=O)C(=O)N(Cc3ccco3)C2c2cccc3ccccc23)ccc1Cl. The maximum absolute atomic E-state index is 13.4. The highest BCUT2D eigenvalue weighted by Crippen LogP contribution is 2.43. The highest BCUT2D eigenvalue weighted by molar-refractivity contribution is 6.46. The summed E-state index contributed by atoms with van der Waals surface area (Å²) < 4.78 is 11.0. The summed E-state index contributed by atoms with van der Waals surface area (Å²) in [4.78, 5) is 28.1. The maximum atomic E-state index is 13.4. The molecule has 1 fully saturated rings. The number of ketones is 1. The van der Waals surface area contributed by atoms with Crippen molar-refractivity contribution >= 4 is 39.8 Å². The van der Waals surface area contributed by atoms with E-state index in [1.54, 1.807) is 30.3 Å². The molecule has 0 spiro atoms. The number of halogens is 1. The van der Waals surface area contributed by atoms with Gasteiger partial charge in [0.1, 0.15) is 17.3 Å². The molecule has 1 unspecified atom stereocenters. The smallest absolute Gasteiger partial charge is 0.296 e. The van der Waals surface area contributed by atoms with E-state index in [-0.39, 0.29) is 17.9 Å². The van der Waals surface area contributed by atoms with Crippen LogP contribution in [0.25, 0.3) is 16.5 Å². The van der Waals surface area contributed by atoms with Gasteiger partial charge in [-0.25, -0.2) is 0 Å². The van der Waals surface area contributed by atoms with Gasteiger partial charge in [-0.2, -0.15) is 0 Å². The zero-order chi connectivity index (χ0) is 24.5. The van der Waals surface area contributed by atoms with Crippen LogP contribution in [0.5, 0.6) is 5.75 Å². The molecule has 1 N–H and O–H groups in total. The molecule has 1 aliphatic heterocycles. The lowest BCUT2D eigenvalue weighted by molar-refractivity contribution is -0.140. The summed E-state index contributed by atoms with van der Waals surface area (Å²) in [5.41, 5.74) is 1.07.